The van der Waals surface area contributed by atoms with Crippen molar-refractivity contribution in [2.24, 2.45) is 5.41 Å². The summed E-state index contributed by atoms with van der Waals surface area (Å²) in [6.45, 7) is 8.76. The van der Waals surface area contributed by atoms with Crippen LogP contribution in [0.3, 0.4) is 0 Å². The van der Waals surface area contributed by atoms with Gasteiger partial charge in [-0.25, -0.2) is 0 Å². The number of para-hydroxylation sites is 2. The summed E-state index contributed by atoms with van der Waals surface area (Å²) in [5.74, 6) is 0.805. The van der Waals surface area contributed by atoms with E-state index in [0.717, 1.165) is 24.6 Å². The first-order valence-electron chi connectivity index (χ1n) is 7.39. The maximum Gasteiger partial charge on any atom is 0.142 e. The van der Waals surface area contributed by atoms with Crippen molar-refractivity contribution in [2.45, 2.75) is 33.1 Å². The van der Waals surface area contributed by atoms with Crippen molar-refractivity contribution in [1.82, 2.24) is 4.90 Å². The summed E-state index contributed by atoms with van der Waals surface area (Å²) in [7, 11) is 0. The Morgan fingerprint density at radius 2 is 2.00 bits per heavy atom. The van der Waals surface area contributed by atoms with Gasteiger partial charge in [0.1, 0.15) is 12.4 Å². The number of benzene rings is 1. The topological polar surface area (TPSA) is 38.5 Å². The van der Waals surface area contributed by atoms with Gasteiger partial charge in [-0.15, -0.1) is 0 Å². The molecule has 3 heteroatoms. The number of nitrogen functional groups attached to an aromatic ring is 1. The van der Waals surface area contributed by atoms with Gasteiger partial charge in [0, 0.05) is 13.1 Å². The SMILES string of the molecule is CCC1(CC)CCN(CCOc2ccccc2N)C1. The summed E-state index contributed by atoms with van der Waals surface area (Å²) >= 11 is 0. The van der Waals surface area contributed by atoms with E-state index < -0.39 is 0 Å². The van der Waals surface area contributed by atoms with Crippen LogP contribution in [-0.4, -0.2) is 31.1 Å². The van der Waals surface area contributed by atoms with Crippen LogP contribution in [0.4, 0.5) is 5.69 Å². The van der Waals surface area contributed by atoms with Crippen molar-refractivity contribution >= 4 is 5.69 Å². The molecular weight excluding hydrogens is 236 g/mol. The van der Waals surface area contributed by atoms with Gasteiger partial charge in [0.2, 0.25) is 0 Å². The summed E-state index contributed by atoms with van der Waals surface area (Å²) in [6, 6.07) is 7.70. The van der Waals surface area contributed by atoms with E-state index in [9.17, 15) is 0 Å². The fourth-order valence-electron chi connectivity index (χ4n) is 2.94. The fourth-order valence-corrected chi connectivity index (χ4v) is 2.94. The largest absolute Gasteiger partial charge is 0.490 e. The second-order valence-electron chi connectivity index (χ2n) is 5.62. The molecule has 1 aromatic rings. The second-order valence-corrected chi connectivity index (χ2v) is 5.62. The van der Waals surface area contributed by atoms with Crippen LogP contribution in [0.1, 0.15) is 33.1 Å². The fraction of sp³-hybridized carbons (Fsp3) is 0.625. The molecule has 0 unspecified atom stereocenters. The summed E-state index contributed by atoms with van der Waals surface area (Å²) in [5.41, 5.74) is 7.13. The third-order valence-electron chi connectivity index (χ3n) is 4.60. The van der Waals surface area contributed by atoms with Crippen molar-refractivity contribution in [3.8, 4) is 5.75 Å². The number of nitrogens with two attached hydrogens (primary N) is 1. The van der Waals surface area contributed by atoms with Gasteiger partial charge in [0.05, 0.1) is 5.69 Å². The molecule has 3 nitrogen and oxygen atoms in total. The molecule has 2 rings (SSSR count). The van der Waals surface area contributed by atoms with Gasteiger partial charge in [0.25, 0.3) is 0 Å². The molecule has 19 heavy (non-hydrogen) atoms. The highest BCUT2D eigenvalue weighted by Gasteiger charge is 2.34. The lowest BCUT2D eigenvalue weighted by Gasteiger charge is -2.26. The van der Waals surface area contributed by atoms with E-state index in [2.05, 4.69) is 18.7 Å². The average molecular weight is 262 g/mol. The Morgan fingerprint density at radius 3 is 2.63 bits per heavy atom. The van der Waals surface area contributed by atoms with E-state index in [0.29, 0.717) is 5.41 Å². The standard InChI is InChI=1S/C16H26N2O/c1-3-16(4-2)9-10-18(13-16)11-12-19-15-8-6-5-7-14(15)17/h5-8H,3-4,9-13,17H2,1-2H3. The number of hydrogen-bond acceptors (Lipinski definition) is 3. The molecule has 0 spiro atoms. The van der Waals surface area contributed by atoms with Crippen LogP contribution >= 0.6 is 0 Å². The first-order chi connectivity index (χ1) is 9.19. The van der Waals surface area contributed by atoms with Gasteiger partial charge in [-0.05, 0) is 43.4 Å². The van der Waals surface area contributed by atoms with E-state index in [-0.39, 0.29) is 0 Å². The maximum atomic E-state index is 5.86. The molecule has 1 heterocycles. The van der Waals surface area contributed by atoms with Gasteiger partial charge in [0.15, 0.2) is 0 Å². The van der Waals surface area contributed by atoms with E-state index in [4.69, 9.17) is 10.5 Å². The van der Waals surface area contributed by atoms with Crippen LogP contribution < -0.4 is 10.5 Å². The van der Waals surface area contributed by atoms with Crippen LogP contribution in [0.2, 0.25) is 0 Å². The molecule has 0 aromatic heterocycles. The lowest BCUT2D eigenvalue weighted by Crippen LogP contribution is -2.29. The highest BCUT2D eigenvalue weighted by Crippen LogP contribution is 2.36. The molecule has 0 amide bonds. The predicted octanol–water partition coefficient (Wildman–Crippen LogP) is 3.16. The Morgan fingerprint density at radius 1 is 1.26 bits per heavy atom. The molecule has 1 fully saturated rings. The van der Waals surface area contributed by atoms with Gasteiger partial charge in [-0.1, -0.05) is 26.0 Å². The Kier molecular flexibility index (Phi) is 4.70. The number of hydrogen-bond donors (Lipinski definition) is 1. The first kappa shape index (κ1) is 14.2. The third kappa shape index (κ3) is 3.41. The third-order valence-corrected chi connectivity index (χ3v) is 4.60. The number of rotatable bonds is 6. The number of likely N-dealkylation sites (tertiary alicyclic amines) is 1. The number of nitrogens with zero attached hydrogens (tertiary/aromatic N) is 1. The lowest BCUT2D eigenvalue weighted by atomic mass is 9.82. The Balaban J connectivity index is 1.77. The number of anilines is 1. The van der Waals surface area contributed by atoms with Gasteiger partial charge >= 0.3 is 0 Å². The molecule has 0 bridgehead atoms. The van der Waals surface area contributed by atoms with Crippen LogP contribution in [-0.2, 0) is 0 Å². The van der Waals surface area contributed by atoms with E-state index in [1.54, 1.807) is 0 Å². The second kappa shape index (κ2) is 6.29. The van der Waals surface area contributed by atoms with E-state index in [1.807, 2.05) is 24.3 Å². The van der Waals surface area contributed by atoms with Gasteiger partial charge in [-0.2, -0.15) is 0 Å². The van der Waals surface area contributed by atoms with Crippen molar-refractivity contribution in [2.75, 3.05) is 32.0 Å². The Hall–Kier alpha value is -1.22. The minimum absolute atomic E-state index is 0.547. The van der Waals surface area contributed by atoms with Gasteiger partial charge in [-0.3, -0.25) is 4.90 Å². The quantitative estimate of drug-likeness (QED) is 0.800. The molecule has 1 aliphatic rings. The van der Waals surface area contributed by atoms with Crippen molar-refractivity contribution in [3.05, 3.63) is 24.3 Å². The smallest absolute Gasteiger partial charge is 0.142 e. The van der Waals surface area contributed by atoms with Crippen molar-refractivity contribution < 1.29 is 4.74 Å². The molecule has 1 aliphatic heterocycles. The molecule has 106 valence electrons. The van der Waals surface area contributed by atoms with Gasteiger partial charge < -0.3 is 10.5 Å². The van der Waals surface area contributed by atoms with Crippen molar-refractivity contribution in [1.29, 1.82) is 0 Å². The molecule has 0 aliphatic carbocycles. The van der Waals surface area contributed by atoms with E-state index in [1.165, 1.54) is 32.4 Å². The average Bonchev–Trinajstić information content (AvgIpc) is 2.85. The van der Waals surface area contributed by atoms with Crippen LogP contribution in [0.25, 0.3) is 0 Å². The molecule has 1 saturated heterocycles. The lowest BCUT2D eigenvalue weighted by molar-refractivity contribution is 0.205. The Labute approximate surface area is 116 Å². The van der Waals surface area contributed by atoms with Crippen LogP contribution in [0, 0.1) is 5.41 Å². The minimum atomic E-state index is 0.547. The summed E-state index contributed by atoms with van der Waals surface area (Å²) in [6.07, 6.45) is 3.90. The highest BCUT2D eigenvalue weighted by molar-refractivity contribution is 5.51. The molecule has 1 aromatic carbocycles. The van der Waals surface area contributed by atoms with E-state index >= 15 is 0 Å². The molecule has 0 atom stereocenters. The normalized spacial score (nSPS) is 18.6. The summed E-state index contributed by atoms with van der Waals surface area (Å²) in [4.78, 5) is 2.52. The molecule has 0 radical (unpaired) electrons. The molecular formula is C16H26N2O. The number of ether oxygens (including phenoxy) is 1. The zero-order chi connectivity index (χ0) is 13.7. The van der Waals surface area contributed by atoms with Crippen LogP contribution in [0.5, 0.6) is 5.75 Å². The highest BCUT2D eigenvalue weighted by atomic mass is 16.5. The molecule has 0 saturated carbocycles. The van der Waals surface area contributed by atoms with Crippen molar-refractivity contribution in [3.63, 3.8) is 0 Å². The predicted molar refractivity (Wildman–Crippen MR) is 80.4 cm³/mol. The summed E-state index contributed by atoms with van der Waals surface area (Å²) in [5, 5.41) is 0. The Bertz CT molecular complexity index is 401. The zero-order valence-electron chi connectivity index (χ0n) is 12.2. The minimum Gasteiger partial charge on any atom is -0.490 e. The maximum absolute atomic E-state index is 5.86. The first-order valence-corrected chi connectivity index (χ1v) is 7.39. The zero-order valence-corrected chi connectivity index (χ0v) is 12.2. The monoisotopic (exact) mass is 262 g/mol. The molecule has 2 N–H and O–H groups in total. The summed E-state index contributed by atoms with van der Waals surface area (Å²) < 4.78 is 5.77. The van der Waals surface area contributed by atoms with Crippen LogP contribution in [0.15, 0.2) is 24.3 Å².